The zero-order chi connectivity index (χ0) is 46.1. The summed E-state index contributed by atoms with van der Waals surface area (Å²) in [5.41, 5.74) is 22.4. The molecule has 0 fully saturated rings. The van der Waals surface area contributed by atoms with E-state index in [4.69, 9.17) is 4.42 Å². The molecule has 11 aromatic carbocycles. The second-order valence-electron chi connectivity index (χ2n) is 18.9. The van der Waals surface area contributed by atoms with Crippen LogP contribution in [0.25, 0.3) is 99.5 Å². The molecule has 0 aliphatic heterocycles. The van der Waals surface area contributed by atoms with Crippen LogP contribution in [0, 0.1) is 0 Å². The lowest BCUT2D eigenvalue weighted by Gasteiger charge is -2.27. The molecule has 0 saturated heterocycles. The third kappa shape index (κ3) is 6.95. The van der Waals surface area contributed by atoms with E-state index in [2.05, 4.69) is 255 Å². The summed E-state index contributed by atoms with van der Waals surface area (Å²) < 4.78 is 6.28. The van der Waals surface area contributed by atoms with Gasteiger partial charge in [0.05, 0.1) is 0 Å². The monoisotopic (exact) mass is 881 g/mol. The summed E-state index contributed by atoms with van der Waals surface area (Å²) in [5, 5.41) is 4.79. The molecule has 12 aromatic rings. The van der Waals surface area contributed by atoms with Crippen molar-refractivity contribution in [3.8, 4) is 66.8 Å². The van der Waals surface area contributed by atoms with Crippen molar-refractivity contribution in [2.75, 3.05) is 4.90 Å². The number of benzene rings is 11. The van der Waals surface area contributed by atoms with Gasteiger partial charge in [-0.2, -0.15) is 0 Å². The second-order valence-corrected chi connectivity index (χ2v) is 18.9. The van der Waals surface area contributed by atoms with Crippen LogP contribution in [0.1, 0.15) is 25.0 Å². The molecule has 1 aliphatic carbocycles. The Balaban J connectivity index is 0.840. The molecule has 0 spiro atoms. The Morgan fingerprint density at radius 3 is 1.51 bits per heavy atom. The van der Waals surface area contributed by atoms with Gasteiger partial charge in [-0.05, 0) is 149 Å². The molecule has 2 heteroatoms. The van der Waals surface area contributed by atoms with Crippen molar-refractivity contribution in [2.24, 2.45) is 0 Å². The van der Waals surface area contributed by atoms with E-state index in [1.54, 1.807) is 0 Å². The van der Waals surface area contributed by atoms with E-state index >= 15 is 0 Å². The first-order chi connectivity index (χ1) is 33.9. The number of fused-ring (bicyclic) bond motifs is 7. The van der Waals surface area contributed by atoms with Crippen LogP contribution in [-0.2, 0) is 5.41 Å². The third-order valence-corrected chi connectivity index (χ3v) is 14.5. The normalized spacial score (nSPS) is 12.6. The highest BCUT2D eigenvalue weighted by atomic mass is 16.3. The highest BCUT2D eigenvalue weighted by Gasteiger charge is 2.37. The van der Waals surface area contributed by atoms with Crippen LogP contribution in [0.4, 0.5) is 17.1 Å². The van der Waals surface area contributed by atoms with Crippen molar-refractivity contribution < 1.29 is 4.42 Å². The predicted molar refractivity (Wildman–Crippen MR) is 291 cm³/mol. The highest BCUT2D eigenvalue weighted by molar-refractivity contribution is 6.12. The van der Waals surface area contributed by atoms with Crippen LogP contribution in [0.5, 0.6) is 0 Å². The first-order valence-electron chi connectivity index (χ1n) is 23.9. The van der Waals surface area contributed by atoms with Crippen LogP contribution in [0.3, 0.4) is 0 Å². The molecule has 326 valence electrons. The maximum atomic E-state index is 6.28. The van der Waals surface area contributed by atoms with E-state index in [9.17, 15) is 0 Å². The maximum Gasteiger partial charge on any atom is 0.136 e. The molecule has 0 saturated carbocycles. The van der Waals surface area contributed by atoms with Crippen LogP contribution in [-0.4, -0.2) is 0 Å². The number of hydrogen-bond donors (Lipinski definition) is 0. The minimum atomic E-state index is -0.104. The van der Waals surface area contributed by atoms with E-state index in [0.29, 0.717) is 0 Å². The van der Waals surface area contributed by atoms with Gasteiger partial charge in [0.15, 0.2) is 0 Å². The minimum Gasteiger partial charge on any atom is -0.456 e. The van der Waals surface area contributed by atoms with Gasteiger partial charge in [0.1, 0.15) is 11.2 Å². The van der Waals surface area contributed by atoms with Crippen molar-refractivity contribution in [3.63, 3.8) is 0 Å². The summed E-state index contributed by atoms with van der Waals surface area (Å²) in [5.74, 6) is 0. The largest absolute Gasteiger partial charge is 0.456 e. The molecule has 0 N–H and O–H groups in total. The molecule has 0 amide bonds. The molecular weight excluding hydrogens is 835 g/mol. The van der Waals surface area contributed by atoms with E-state index in [1.165, 1.54) is 77.5 Å². The fourth-order valence-electron chi connectivity index (χ4n) is 11.0. The fourth-order valence-corrected chi connectivity index (χ4v) is 11.0. The molecule has 0 bridgehead atoms. The van der Waals surface area contributed by atoms with Crippen LogP contribution < -0.4 is 4.90 Å². The first kappa shape index (κ1) is 40.5. The number of rotatable bonds is 8. The Morgan fingerprint density at radius 1 is 0.319 bits per heavy atom. The minimum absolute atomic E-state index is 0.104. The van der Waals surface area contributed by atoms with Crippen molar-refractivity contribution in [2.45, 2.75) is 19.3 Å². The number of hydrogen-bond acceptors (Lipinski definition) is 2. The van der Waals surface area contributed by atoms with Gasteiger partial charge in [-0.15, -0.1) is 0 Å². The Labute approximate surface area is 403 Å². The Bertz CT molecular complexity index is 3890. The first-order valence-corrected chi connectivity index (χ1v) is 23.9. The summed E-state index contributed by atoms with van der Waals surface area (Å²) in [6.07, 6.45) is 0. The van der Waals surface area contributed by atoms with Gasteiger partial charge in [0.25, 0.3) is 0 Å². The molecule has 0 unspecified atom stereocenters. The lowest BCUT2D eigenvalue weighted by molar-refractivity contribution is 0.662. The third-order valence-electron chi connectivity index (χ3n) is 14.5. The van der Waals surface area contributed by atoms with Gasteiger partial charge in [0, 0.05) is 33.2 Å². The SMILES string of the molecule is CC1(C)c2ccccc2-c2cccc(-c3ccc(N(c4ccc(-c5ccc(-c6cccc(-c7ccc8ccccc8c7)c6)cc5)cc4)c4ccc(-c5cccc6oc7ccccc7c56)cc4)cc3)c21. The smallest absolute Gasteiger partial charge is 0.136 e. The van der Waals surface area contributed by atoms with Gasteiger partial charge < -0.3 is 9.32 Å². The molecular formula is C67H47NO. The number of furan rings is 1. The molecule has 13 rings (SSSR count). The summed E-state index contributed by atoms with van der Waals surface area (Å²) >= 11 is 0. The van der Waals surface area contributed by atoms with Crippen molar-refractivity contribution >= 4 is 49.8 Å². The van der Waals surface area contributed by atoms with Gasteiger partial charge in [-0.3, -0.25) is 0 Å². The summed E-state index contributed by atoms with van der Waals surface area (Å²) in [6.45, 7) is 4.72. The lowest BCUT2D eigenvalue weighted by atomic mass is 9.79. The van der Waals surface area contributed by atoms with Crippen molar-refractivity contribution in [1.82, 2.24) is 0 Å². The van der Waals surface area contributed by atoms with E-state index < -0.39 is 0 Å². The zero-order valence-corrected chi connectivity index (χ0v) is 38.5. The molecule has 1 aliphatic rings. The van der Waals surface area contributed by atoms with Crippen LogP contribution in [0.2, 0.25) is 0 Å². The van der Waals surface area contributed by atoms with Crippen molar-refractivity contribution in [3.05, 3.63) is 260 Å². The zero-order valence-electron chi connectivity index (χ0n) is 38.5. The quantitative estimate of drug-likeness (QED) is 0.151. The number of para-hydroxylation sites is 1. The molecule has 1 aromatic heterocycles. The average Bonchev–Trinajstić information content (AvgIpc) is 3.91. The number of nitrogens with zero attached hydrogens (tertiary/aromatic N) is 1. The van der Waals surface area contributed by atoms with Gasteiger partial charge >= 0.3 is 0 Å². The summed E-state index contributed by atoms with van der Waals surface area (Å²) in [6, 6.07) is 90.5. The summed E-state index contributed by atoms with van der Waals surface area (Å²) in [4.78, 5) is 2.37. The fraction of sp³-hybridized carbons (Fsp3) is 0.0448. The van der Waals surface area contributed by atoms with E-state index in [1.807, 2.05) is 12.1 Å². The van der Waals surface area contributed by atoms with Gasteiger partial charge in [-0.25, -0.2) is 0 Å². The Hall–Kier alpha value is -8.72. The molecule has 0 atom stereocenters. The predicted octanol–water partition coefficient (Wildman–Crippen LogP) is 18.9. The molecule has 1 heterocycles. The van der Waals surface area contributed by atoms with Gasteiger partial charge in [-0.1, -0.05) is 202 Å². The second kappa shape index (κ2) is 16.3. The van der Waals surface area contributed by atoms with Crippen molar-refractivity contribution in [1.29, 1.82) is 0 Å². The standard InChI is InChI=1S/C67H47NO/c1-67(2)62-21-7-5-16-59(62)60-20-10-19-58(66(60)67)49-34-40-56(41-35-49)68(55-38-32-48(33-39-55)57-18-11-23-64-65(57)61-17-6-8-22-63(61)69-64)54-36-30-46(31-37-54)45-24-26-47(27-25-45)51-14-9-15-52(42-51)53-29-28-44-12-3-4-13-50(44)43-53/h3-43H,1-2H3. The van der Waals surface area contributed by atoms with Crippen LogP contribution in [0.15, 0.2) is 253 Å². The van der Waals surface area contributed by atoms with E-state index in [0.717, 1.165) is 50.1 Å². The topological polar surface area (TPSA) is 16.4 Å². The Kier molecular flexibility index (Phi) is 9.55. The van der Waals surface area contributed by atoms with E-state index in [-0.39, 0.29) is 5.41 Å². The molecule has 69 heavy (non-hydrogen) atoms. The maximum absolute atomic E-state index is 6.28. The number of anilines is 3. The molecule has 2 nitrogen and oxygen atoms in total. The lowest BCUT2D eigenvalue weighted by Crippen LogP contribution is -2.16. The van der Waals surface area contributed by atoms with Gasteiger partial charge in [0.2, 0.25) is 0 Å². The molecule has 0 radical (unpaired) electrons. The Morgan fingerprint density at radius 2 is 0.783 bits per heavy atom. The summed E-state index contributed by atoms with van der Waals surface area (Å²) in [7, 11) is 0. The average molecular weight is 882 g/mol. The van der Waals surface area contributed by atoms with Crippen LogP contribution >= 0.6 is 0 Å². The highest BCUT2D eigenvalue weighted by Crippen LogP contribution is 2.52.